The Morgan fingerprint density at radius 1 is 1.50 bits per heavy atom. The van der Waals surface area contributed by atoms with Crippen LogP contribution in [0.1, 0.15) is 10.4 Å². The number of benzene rings is 1. The van der Waals surface area contributed by atoms with Gasteiger partial charge < -0.3 is 10.4 Å². The molecule has 0 atom stereocenters. The summed E-state index contributed by atoms with van der Waals surface area (Å²) in [5.41, 5.74) is -0.105. The van der Waals surface area contributed by atoms with Crippen molar-refractivity contribution in [3.05, 3.63) is 42.0 Å². The standard InChI is InChI=1S/C11H11FN4O2/c12-10-7-8(17)1-2-9(10)11(18)13-3-5-16-6-4-14-15-16/h1-2,4,6-7,17H,3,5H2,(H,13,18). The summed E-state index contributed by atoms with van der Waals surface area (Å²) in [6, 6.07) is 3.39. The van der Waals surface area contributed by atoms with Crippen LogP contribution in [0.2, 0.25) is 0 Å². The summed E-state index contributed by atoms with van der Waals surface area (Å²) in [6.07, 6.45) is 3.19. The average molecular weight is 250 g/mol. The van der Waals surface area contributed by atoms with E-state index in [4.69, 9.17) is 5.11 Å². The number of phenolic OH excluding ortho intramolecular Hbond substituents is 1. The van der Waals surface area contributed by atoms with Crippen molar-refractivity contribution in [3.63, 3.8) is 0 Å². The van der Waals surface area contributed by atoms with Gasteiger partial charge in [0.05, 0.1) is 18.3 Å². The topological polar surface area (TPSA) is 80.0 Å². The average Bonchev–Trinajstić information content (AvgIpc) is 2.81. The van der Waals surface area contributed by atoms with Crippen LogP contribution in [0.4, 0.5) is 4.39 Å². The van der Waals surface area contributed by atoms with Crippen LogP contribution in [0.5, 0.6) is 5.75 Å². The molecule has 0 spiro atoms. The third-order valence-corrected chi connectivity index (χ3v) is 2.30. The van der Waals surface area contributed by atoms with Gasteiger partial charge >= 0.3 is 0 Å². The van der Waals surface area contributed by atoms with E-state index in [-0.39, 0.29) is 11.3 Å². The molecule has 0 saturated carbocycles. The second-order valence-corrected chi connectivity index (χ2v) is 3.59. The van der Waals surface area contributed by atoms with Crippen molar-refractivity contribution < 1.29 is 14.3 Å². The molecule has 1 heterocycles. The zero-order valence-electron chi connectivity index (χ0n) is 9.38. The quantitative estimate of drug-likeness (QED) is 0.830. The van der Waals surface area contributed by atoms with Crippen LogP contribution in [-0.4, -0.2) is 32.6 Å². The number of nitrogens with one attached hydrogen (secondary N) is 1. The zero-order chi connectivity index (χ0) is 13.0. The first kappa shape index (κ1) is 12.0. The number of halogens is 1. The molecule has 0 aliphatic rings. The van der Waals surface area contributed by atoms with Crippen molar-refractivity contribution in [3.8, 4) is 5.75 Å². The molecule has 2 aromatic rings. The smallest absolute Gasteiger partial charge is 0.254 e. The van der Waals surface area contributed by atoms with Gasteiger partial charge in [-0.15, -0.1) is 5.10 Å². The molecule has 0 saturated heterocycles. The van der Waals surface area contributed by atoms with Crippen molar-refractivity contribution in [1.29, 1.82) is 0 Å². The number of nitrogens with zero attached hydrogens (tertiary/aromatic N) is 3. The summed E-state index contributed by atoms with van der Waals surface area (Å²) in [5.74, 6) is -1.51. The van der Waals surface area contributed by atoms with E-state index in [9.17, 15) is 9.18 Å². The minimum Gasteiger partial charge on any atom is -0.508 e. The summed E-state index contributed by atoms with van der Waals surface area (Å²) in [5, 5.41) is 18.9. The molecule has 6 nitrogen and oxygen atoms in total. The maximum absolute atomic E-state index is 13.4. The molecule has 0 radical (unpaired) electrons. The first-order chi connectivity index (χ1) is 8.66. The van der Waals surface area contributed by atoms with Crippen LogP contribution in [0.15, 0.2) is 30.6 Å². The van der Waals surface area contributed by atoms with Crippen LogP contribution < -0.4 is 5.32 Å². The predicted molar refractivity (Wildman–Crippen MR) is 60.4 cm³/mol. The molecular weight excluding hydrogens is 239 g/mol. The zero-order valence-corrected chi connectivity index (χ0v) is 9.38. The van der Waals surface area contributed by atoms with E-state index in [1.807, 2.05) is 0 Å². The van der Waals surface area contributed by atoms with E-state index in [0.717, 1.165) is 6.07 Å². The normalized spacial score (nSPS) is 10.3. The Bertz CT molecular complexity index is 542. The van der Waals surface area contributed by atoms with Gasteiger partial charge in [-0.2, -0.15) is 0 Å². The molecule has 2 N–H and O–H groups in total. The van der Waals surface area contributed by atoms with Gasteiger partial charge in [0, 0.05) is 18.8 Å². The highest BCUT2D eigenvalue weighted by Crippen LogP contribution is 2.14. The number of carbonyl (C=O) groups excluding carboxylic acids is 1. The van der Waals surface area contributed by atoms with Gasteiger partial charge in [-0.1, -0.05) is 5.21 Å². The van der Waals surface area contributed by atoms with Gasteiger partial charge in [0.15, 0.2) is 0 Å². The van der Waals surface area contributed by atoms with Crippen molar-refractivity contribution in [2.45, 2.75) is 6.54 Å². The number of hydrogen-bond acceptors (Lipinski definition) is 4. The molecule has 0 aliphatic heterocycles. The molecule has 18 heavy (non-hydrogen) atoms. The molecule has 0 bridgehead atoms. The van der Waals surface area contributed by atoms with Crippen LogP contribution in [0, 0.1) is 5.82 Å². The van der Waals surface area contributed by atoms with Crippen molar-refractivity contribution >= 4 is 5.91 Å². The fraction of sp³-hybridized carbons (Fsp3) is 0.182. The van der Waals surface area contributed by atoms with E-state index in [1.165, 1.54) is 18.3 Å². The van der Waals surface area contributed by atoms with Crippen molar-refractivity contribution in [2.75, 3.05) is 6.54 Å². The Morgan fingerprint density at radius 3 is 3.00 bits per heavy atom. The fourth-order valence-electron chi connectivity index (χ4n) is 1.42. The Labute approximate surface area is 102 Å². The summed E-state index contributed by atoms with van der Waals surface area (Å²) in [7, 11) is 0. The highest BCUT2D eigenvalue weighted by molar-refractivity contribution is 5.94. The second-order valence-electron chi connectivity index (χ2n) is 3.59. The lowest BCUT2D eigenvalue weighted by Crippen LogP contribution is -2.28. The van der Waals surface area contributed by atoms with Gasteiger partial charge in [-0.05, 0) is 12.1 Å². The maximum atomic E-state index is 13.4. The number of amides is 1. The fourth-order valence-corrected chi connectivity index (χ4v) is 1.42. The molecule has 0 fully saturated rings. The first-order valence-corrected chi connectivity index (χ1v) is 5.27. The molecule has 0 aliphatic carbocycles. The van der Waals surface area contributed by atoms with Crippen LogP contribution in [0.3, 0.4) is 0 Å². The van der Waals surface area contributed by atoms with Gasteiger partial charge in [0.2, 0.25) is 0 Å². The van der Waals surface area contributed by atoms with Crippen molar-refractivity contribution in [2.24, 2.45) is 0 Å². The lowest BCUT2D eigenvalue weighted by atomic mass is 10.2. The van der Waals surface area contributed by atoms with Gasteiger partial charge in [-0.3, -0.25) is 9.48 Å². The molecule has 94 valence electrons. The van der Waals surface area contributed by atoms with Gasteiger partial charge in [0.1, 0.15) is 11.6 Å². The summed E-state index contributed by atoms with van der Waals surface area (Å²) >= 11 is 0. The first-order valence-electron chi connectivity index (χ1n) is 5.27. The third-order valence-electron chi connectivity index (χ3n) is 2.30. The largest absolute Gasteiger partial charge is 0.508 e. The monoisotopic (exact) mass is 250 g/mol. The maximum Gasteiger partial charge on any atom is 0.254 e. The number of hydrogen-bond donors (Lipinski definition) is 2. The third kappa shape index (κ3) is 2.82. The number of rotatable bonds is 4. The molecule has 7 heteroatoms. The van der Waals surface area contributed by atoms with Crippen molar-refractivity contribution in [1.82, 2.24) is 20.3 Å². The van der Waals surface area contributed by atoms with Crippen LogP contribution in [0.25, 0.3) is 0 Å². The lowest BCUT2D eigenvalue weighted by Gasteiger charge is -2.06. The van der Waals surface area contributed by atoms with Crippen LogP contribution >= 0.6 is 0 Å². The van der Waals surface area contributed by atoms with E-state index < -0.39 is 11.7 Å². The molecule has 1 aromatic carbocycles. The summed E-state index contributed by atoms with van der Waals surface area (Å²) in [6.45, 7) is 0.758. The Balaban J connectivity index is 1.91. The molecule has 1 amide bonds. The summed E-state index contributed by atoms with van der Waals surface area (Å²) in [4.78, 5) is 11.6. The number of phenols is 1. The second kappa shape index (κ2) is 5.26. The summed E-state index contributed by atoms with van der Waals surface area (Å²) < 4.78 is 14.9. The highest BCUT2D eigenvalue weighted by Gasteiger charge is 2.11. The Hall–Kier alpha value is -2.44. The van der Waals surface area contributed by atoms with E-state index in [0.29, 0.717) is 13.1 Å². The Kier molecular flexibility index (Phi) is 3.52. The number of carbonyl (C=O) groups is 1. The lowest BCUT2D eigenvalue weighted by molar-refractivity contribution is 0.0948. The molecule has 2 rings (SSSR count). The minimum absolute atomic E-state index is 0.105. The van der Waals surface area contributed by atoms with Gasteiger partial charge in [-0.25, -0.2) is 4.39 Å². The molecule has 0 unspecified atom stereocenters. The Morgan fingerprint density at radius 2 is 2.33 bits per heavy atom. The highest BCUT2D eigenvalue weighted by atomic mass is 19.1. The van der Waals surface area contributed by atoms with Crippen LogP contribution in [-0.2, 0) is 6.54 Å². The van der Waals surface area contributed by atoms with E-state index >= 15 is 0 Å². The van der Waals surface area contributed by atoms with E-state index in [2.05, 4.69) is 15.6 Å². The minimum atomic E-state index is -0.756. The molecule has 1 aromatic heterocycles. The SMILES string of the molecule is O=C(NCCn1ccnn1)c1ccc(O)cc1F. The number of aromatic hydroxyl groups is 1. The number of aromatic nitrogens is 3. The van der Waals surface area contributed by atoms with E-state index in [1.54, 1.807) is 10.9 Å². The van der Waals surface area contributed by atoms with Gasteiger partial charge in [0.25, 0.3) is 5.91 Å². The molecular formula is C11H11FN4O2. The predicted octanol–water partition coefficient (Wildman–Crippen LogP) is 0.553.